The molecule has 1 aliphatic rings. The van der Waals surface area contributed by atoms with E-state index in [9.17, 15) is 0 Å². The van der Waals surface area contributed by atoms with Crippen molar-refractivity contribution in [2.24, 2.45) is 0 Å². The number of hydrogen-bond donors (Lipinski definition) is 2. The smallest absolute Gasteiger partial charge is 0.0607 e. The molecule has 3 aromatic heterocycles. The van der Waals surface area contributed by atoms with Gasteiger partial charge in [0.2, 0.25) is 0 Å². The normalized spacial score (nSPS) is 15.1. The molecule has 2 N–H and O–H groups in total. The highest BCUT2D eigenvalue weighted by Crippen LogP contribution is 2.34. The molecule has 0 radical (unpaired) electrons. The highest BCUT2D eigenvalue weighted by molar-refractivity contribution is 5.83. The summed E-state index contributed by atoms with van der Waals surface area (Å²) >= 11 is 0. The SMILES string of the molecule is c1ccc(CNCc2ccc(CN(CCCc3c[nH]c4ccccc34)C3CCCc4cccnc43)cc2)nc1. The maximum Gasteiger partial charge on any atom is 0.0607 e. The van der Waals surface area contributed by atoms with Gasteiger partial charge in [-0.3, -0.25) is 14.9 Å². The second-order valence-corrected chi connectivity index (χ2v) is 10.6. The lowest BCUT2D eigenvalue weighted by atomic mass is 9.90. The van der Waals surface area contributed by atoms with E-state index in [0.29, 0.717) is 6.04 Å². The van der Waals surface area contributed by atoms with Gasteiger partial charge in [0.15, 0.2) is 0 Å². The molecule has 5 aromatic rings. The summed E-state index contributed by atoms with van der Waals surface area (Å²) < 4.78 is 0. The average molecular weight is 516 g/mol. The summed E-state index contributed by atoms with van der Waals surface area (Å²) in [4.78, 5) is 15.4. The number of nitrogens with zero attached hydrogens (tertiary/aromatic N) is 3. The van der Waals surface area contributed by atoms with Crippen molar-refractivity contribution < 1.29 is 0 Å². The molecule has 2 aromatic carbocycles. The predicted molar refractivity (Wildman–Crippen MR) is 158 cm³/mol. The average Bonchev–Trinajstić information content (AvgIpc) is 3.41. The Kier molecular flexibility index (Phi) is 8.08. The van der Waals surface area contributed by atoms with Crippen molar-refractivity contribution >= 4 is 10.9 Å². The van der Waals surface area contributed by atoms with Gasteiger partial charge in [0, 0.05) is 49.1 Å². The standard InChI is InChI=1S/C34H37N5/c1-2-13-32-31(12-1)29(23-38-32)10-7-21-39(33-14-5-8-28-9-6-20-37-34(28)33)25-27-17-15-26(16-18-27)22-35-24-30-11-3-4-19-36-30/h1-4,6,9,11-13,15-20,23,33,35,38H,5,7-8,10,14,21-22,24-25H2. The van der Waals surface area contributed by atoms with Crippen LogP contribution in [0.1, 0.15) is 58.9 Å². The van der Waals surface area contributed by atoms with E-state index in [4.69, 9.17) is 4.98 Å². The number of benzene rings is 2. The van der Waals surface area contributed by atoms with Gasteiger partial charge in [0.25, 0.3) is 0 Å². The van der Waals surface area contributed by atoms with Crippen LogP contribution in [-0.2, 0) is 32.5 Å². The Balaban J connectivity index is 1.13. The molecule has 0 fully saturated rings. The van der Waals surface area contributed by atoms with E-state index in [1.165, 1.54) is 51.7 Å². The van der Waals surface area contributed by atoms with Crippen LogP contribution in [0.5, 0.6) is 0 Å². The summed E-state index contributed by atoms with van der Waals surface area (Å²) in [6.45, 7) is 3.61. The van der Waals surface area contributed by atoms with Crippen LogP contribution in [0.2, 0.25) is 0 Å². The van der Waals surface area contributed by atoms with Crippen LogP contribution in [-0.4, -0.2) is 26.4 Å². The maximum absolute atomic E-state index is 4.87. The van der Waals surface area contributed by atoms with Crippen LogP contribution < -0.4 is 5.32 Å². The second-order valence-electron chi connectivity index (χ2n) is 10.6. The monoisotopic (exact) mass is 515 g/mol. The lowest BCUT2D eigenvalue weighted by molar-refractivity contribution is 0.164. The molecule has 198 valence electrons. The van der Waals surface area contributed by atoms with E-state index in [-0.39, 0.29) is 0 Å². The number of para-hydroxylation sites is 1. The number of aromatic amines is 1. The summed E-state index contributed by atoms with van der Waals surface area (Å²) in [6.07, 6.45) is 11.7. The van der Waals surface area contributed by atoms with Crippen molar-refractivity contribution in [2.75, 3.05) is 6.54 Å². The number of rotatable bonds is 11. The lowest BCUT2D eigenvalue weighted by Crippen LogP contribution is -2.32. The first-order valence-electron chi connectivity index (χ1n) is 14.2. The maximum atomic E-state index is 4.87. The van der Waals surface area contributed by atoms with Gasteiger partial charge in [-0.2, -0.15) is 0 Å². The molecule has 1 atom stereocenters. The highest BCUT2D eigenvalue weighted by atomic mass is 15.2. The van der Waals surface area contributed by atoms with Crippen LogP contribution in [0.15, 0.2) is 97.5 Å². The first-order valence-corrected chi connectivity index (χ1v) is 14.2. The third-order valence-electron chi connectivity index (χ3n) is 7.94. The summed E-state index contributed by atoms with van der Waals surface area (Å²) in [5.74, 6) is 0. The zero-order valence-electron chi connectivity index (χ0n) is 22.5. The van der Waals surface area contributed by atoms with Crippen LogP contribution in [0.25, 0.3) is 10.9 Å². The molecule has 0 bridgehead atoms. The van der Waals surface area contributed by atoms with E-state index < -0.39 is 0 Å². The van der Waals surface area contributed by atoms with Crippen molar-refractivity contribution in [1.82, 2.24) is 25.2 Å². The Morgan fingerprint density at radius 1 is 0.846 bits per heavy atom. The molecular weight excluding hydrogens is 478 g/mol. The fourth-order valence-corrected chi connectivity index (χ4v) is 5.93. The summed E-state index contributed by atoms with van der Waals surface area (Å²) in [5, 5.41) is 4.86. The minimum atomic E-state index is 0.373. The lowest BCUT2D eigenvalue weighted by Gasteiger charge is -2.35. The molecule has 5 heteroatoms. The number of fused-ring (bicyclic) bond motifs is 2. The van der Waals surface area contributed by atoms with Crippen LogP contribution in [0.3, 0.4) is 0 Å². The molecule has 0 saturated carbocycles. The van der Waals surface area contributed by atoms with Crippen molar-refractivity contribution in [3.05, 3.63) is 131 Å². The first kappa shape index (κ1) is 25.5. The van der Waals surface area contributed by atoms with Gasteiger partial charge >= 0.3 is 0 Å². The molecular formula is C34H37N5. The molecule has 0 aliphatic heterocycles. The van der Waals surface area contributed by atoms with Crippen molar-refractivity contribution in [3.63, 3.8) is 0 Å². The van der Waals surface area contributed by atoms with E-state index >= 15 is 0 Å². The zero-order chi connectivity index (χ0) is 26.3. The van der Waals surface area contributed by atoms with E-state index in [0.717, 1.165) is 51.1 Å². The fraction of sp³-hybridized carbons (Fsp3) is 0.294. The van der Waals surface area contributed by atoms with Gasteiger partial charge < -0.3 is 10.3 Å². The summed E-state index contributed by atoms with van der Waals surface area (Å²) in [6, 6.07) is 28.5. The van der Waals surface area contributed by atoms with Gasteiger partial charge in [-0.1, -0.05) is 54.6 Å². The minimum Gasteiger partial charge on any atom is -0.361 e. The number of aryl methyl sites for hydroxylation is 2. The van der Waals surface area contributed by atoms with E-state index in [1.54, 1.807) is 0 Å². The van der Waals surface area contributed by atoms with Gasteiger partial charge in [-0.25, -0.2) is 0 Å². The van der Waals surface area contributed by atoms with Crippen LogP contribution in [0.4, 0.5) is 0 Å². The summed E-state index contributed by atoms with van der Waals surface area (Å²) in [5.41, 5.74) is 9.07. The van der Waals surface area contributed by atoms with Crippen molar-refractivity contribution in [1.29, 1.82) is 0 Å². The number of hydrogen-bond acceptors (Lipinski definition) is 4. The predicted octanol–water partition coefficient (Wildman–Crippen LogP) is 6.76. The van der Waals surface area contributed by atoms with Gasteiger partial charge in [0.05, 0.1) is 17.4 Å². The van der Waals surface area contributed by atoms with Gasteiger partial charge in [0.1, 0.15) is 0 Å². The molecule has 5 nitrogen and oxygen atoms in total. The Bertz CT molecular complexity index is 1470. The molecule has 3 heterocycles. The highest BCUT2D eigenvalue weighted by Gasteiger charge is 2.27. The summed E-state index contributed by atoms with van der Waals surface area (Å²) in [7, 11) is 0. The minimum absolute atomic E-state index is 0.373. The largest absolute Gasteiger partial charge is 0.361 e. The van der Waals surface area contributed by atoms with Crippen molar-refractivity contribution in [3.8, 4) is 0 Å². The van der Waals surface area contributed by atoms with Gasteiger partial charge in [-0.15, -0.1) is 0 Å². The Morgan fingerprint density at radius 2 is 1.69 bits per heavy atom. The topological polar surface area (TPSA) is 56.8 Å². The first-order chi connectivity index (χ1) is 19.3. The van der Waals surface area contributed by atoms with E-state index in [1.807, 2.05) is 24.5 Å². The third kappa shape index (κ3) is 6.27. The number of aromatic nitrogens is 3. The zero-order valence-corrected chi connectivity index (χ0v) is 22.5. The van der Waals surface area contributed by atoms with Crippen molar-refractivity contribution in [2.45, 2.75) is 57.8 Å². The number of nitrogens with one attached hydrogen (secondary N) is 2. The molecule has 1 aliphatic carbocycles. The Morgan fingerprint density at radius 3 is 2.59 bits per heavy atom. The number of H-pyrrole nitrogens is 1. The molecule has 0 spiro atoms. The Labute approximate surface area is 231 Å². The third-order valence-corrected chi connectivity index (χ3v) is 7.94. The van der Waals surface area contributed by atoms with Gasteiger partial charge in [-0.05, 0) is 85.2 Å². The molecule has 6 rings (SSSR count). The fourth-order valence-electron chi connectivity index (χ4n) is 5.93. The van der Waals surface area contributed by atoms with Crippen LogP contribution in [0, 0.1) is 0 Å². The molecule has 0 saturated heterocycles. The molecule has 1 unspecified atom stereocenters. The molecule has 0 amide bonds. The number of pyridine rings is 2. The molecule has 39 heavy (non-hydrogen) atoms. The Hall–Kier alpha value is -3.80. The quantitative estimate of drug-likeness (QED) is 0.204. The second kappa shape index (κ2) is 12.4. The van der Waals surface area contributed by atoms with Crippen LogP contribution >= 0.6 is 0 Å². The van der Waals surface area contributed by atoms with E-state index in [2.05, 4.69) is 93.1 Å².